The number of thioether (sulfide) groups is 1. The van der Waals surface area contributed by atoms with Crippen LogP contribution in [0.25, 0.3) is 32.0 Å². The van der Waals surface area contributed by atoms with Gasteiger partial charge in [0.25, 0.3) is 5.56 Å². The minimum atomic E-state index is -0.0571. The first-order chi connectivity index (χ1) is 13.8. The molecule has 6 rings (SSSR count). The highest BCUT2D eigenvalue weighted by molar-refractivity contribution is 7.98. The van der Waals surface area contributed by atoms with Crippen LogP contribution in [0.5, 0.6) is 0 Å². The van der Waals surface area contributed by atoms with E-state index < -0.39 is 0 Å². The molecule has 0 spiro atoms. The molecule has 0 amide bonds. The van der Waals surface area contributed by atoms with Crippen LogP contribution in [0.15, 0.2) is 64.5 Å². The number of H-pyrrole nitrogens is 1. The summed E-state index contributed by atoms with van der Waals surface area (Å²) in [7, 11) is 0. The molecule has 1 N–H and O–H groups in total. The molecule has 0 bridgehead atoms. The number of fused-ring (bicyclic) bond motifs is 6. The van der Waals surface area contributed by atoms with Gasteiger partial charge in [-0.1, -0.05) is 47.4 Å². The topological polar surface area (TPSA) is 80.3 Å². The van der Waals surface area contributed by atoms with E-state index in [4.69, 9.17) is 4.98 Å². The van der Waals surface area contributed by atoms with Gasteiger partial charge in [-0.3, -0.25) is 13.6 Å². The molecule has 0 saturated carbocycles. The number of imidazole rings is 1. The van der Waals surface area contributed by atoms with Crippen LogP contribution in [-0.2, 0) is 5.75 Å². The molecule has 6 aromatic rings. The zero-order chi connectivity index (χ0) is 18.7. The van der Waals surface area contributed by atoms with Gasteiger partial charge < -0.3 is 0 Å². The van der Waals surface area contributed by atoms with Gasteiger partial charge in [0.1, 0.15) is 0 Å². The average Bonchev–Trinajstić information content (AvgIpc) is 3.37. The van der Waals surface area contributed by atoms with Crippen LogP contribution in [0.3, 0.4) is 0 Å². The molecule has 0 aliphatic rings. The Kier molecular flexibility index (Phi) is 3.35. The highest BCUT2D eigenvalue weighted by Crippen LogP contribution is 2.27. The molecule has 2 aromatic carbocycles. The lowest BCUT2D eigenvalue weighted by Gasteiger charge is -2.01. The zero-order valence-corrected chi connectivity index (χ0v) is 16.0. The fraction of sp³-hybridized carbons (Fsp3) is 0.0526. The summed E-state index contributed by atoms with van der Waals surface area (Å²) in [6.45, 7) is 0. The Labute approximate surface area is 165 Å². The van der Waals surface area contributed by atoms with Crippen LogP contribution in [0.4, 0.5) is 0 Å². The third kappa shape index (κ3) is 2.30. The monoisotopic (exact) mass is 404 g/mol. The maximum absolute atomic E-state index is 12.7. The normalized spacial score (nSPS) is 12.0. The van der Waals surface area contributed by atoms with E-state index >= 15 is 0 Å². The maximum Gasteiger partial charge on any atom is 0.259 e. The van der Waals surface area contributed by atoms with E-state index in [2.05, 4.69) is 15.2 Å². The first-order valence-electron chi connectivity index (χ1n) is 8.62. The molecule has 0 saturated heterocycles. The molecule has 0 atom stereocenters. The van der Waals surface area contributed by atoms with Gasteiger partial charge in [-0.25, -0.2) is 15.1 Å². The van der Waals surface area contributed by atoms with Gasteiger partial charge in [0.2, 0.25) is 5.78 Å². The number of aromatic nitrogens is 6. The molecule has 0 aliphatic carbocycles. The van der Waals surface area contributed by atoms with Crippen molar-refractivity contribution in [1.82, 2.24) is 29.0 Å². The second-order valence-electron chi connectivity index (χ2n) is 6.33. The van der Waals surface area contributed by atoms with E-state index in [0.29, 0.717) is 16.5 Å². The quantitative estimate of drug-likeness (QED) is 0.455. The molecule has 0 unspecified atom stereocenters. The summed E-state index contributed by atoms with van der Waals surface area (Å²) >= 11 is 3.05. The number of thiazole rings is 1. The Hall–Kier alpha value is -3.17. The predicted octanol–water partition coefficient (Wildman–Crippen LogP) is 3.73. The molecule has 4 aromatic heterocycles. The number of hydrogen-bond acceptors (Lipinski definition) is 6. The minimum absolute atomic E-state index is 0.0571. The first kappa shape index (κ1) is 15.8. The lowest BCUT2D eigenvalue weighted by molar-refractivity contribution is 0.938. The van der Waals surface area contributed by atoms with Gasteiger partial charge in [0.05, 0.1) is 26.9 Å². The third-order valence-corrected chi connectivity index (χ3v) is 6.59. The Morgan fingerprint density at radius 2 is 1.82 bits per heavy atom. The van der Waals surface area contributed by atoms with Gasteiger partial charge in [0, 0.05) is 11.8 Å². The number of para-hydroxylation sites is 3. The fourth-order valence-electron chi connectivity index (χ4n) is 3.37. The molecule has 4 heterocycles. The lowest BCUT2D eigenvalue weighted by atomic mass is 10.3. The summed E-state index contributed by atoms with van der Waals surface area (Å²) in [5.41, 5.74) is 3.50. The number of aromatic amines is 1. The van der Waals surface area contributed by atoms with Gasteiger partial charge in [0.15, 0.2) is 10.1 Å². The SMILES string of the molecule is O=c1cc(CSc2n[nH]c3nc4ccccc4n23)nc2sc3ccccc3n12. The number of nitrogens with one attached hydrogen (secondary N) is 1. The van der Waals surface area contributed by atoms with Crippen molar-refractivity contribution in [2.45, 2.75) is 10.9 Å². The van der Waals surface area contributed by atoms with Crippen molar-refractivity contribution >= 4 is 55.1 Å². The highest BCUT2D eigenvalue weighted by atomic mass is 32.2. The molecular formula is C19H12N6OS2. The Balaban J connectivity index is 1.40. The predicted molar refractivity (Wildman–Crippen MR) is 111 cm³/mol. The lowest BCUT2D eigenvalue weighted by Crippen LogP contribution is -2.13. The molecule has 0 aliphatic heterocycles. The molecule has 136 valence electrons. The number of benzene rings is 2. The van der Waals surface area contributed by atoms with E-state index in [1.165, 1.54) is 23.1 Å². The molecule has 0 fully saturated rings. The number of rotatable bonds is 3. The molecular weight excluding hydrogens is 392 g/mol. The number of hydrogen-bond donors (Lipinski definition) is 1. The Morgan fingerprint density at radius 1 is 1.00 bits per heavy atom. The third-order valence-electron chi connectivity index (χ3n) is 4.60. The van der Waals surface area contributed by atoms with Crippen LogP contribution in [0.2, 0.25) is 0 Å². The second-order valence-corrected chi connectivity index (χ2v) is 8.28. The zero-order valence-electron chi connectivity index (χ0n) is 14.4. The summed E-state index contributed by atoms with van der Waals surface area (Å²) in [5.74, 6) is 1.25. The Morgan fingerprint density at radius 3 is 2.75 bits per heavy atom. The molecule has 28 heavy (non-hydrogen) atoms. The van der Waals surface area contributed by atoms with Crippen LogP contribution >= 0.6 is 23.1 Å². The summed E-state index contributed by atoms with van der Waals surface area (Å²) in [6, 6.07) is 17.4. The minimum Gasteiger partial charge on any atom is -0.269 e. The molecule has 9 heteroatoms. The molecule has 7 nitrogen and oxygen atoms in total. The van der Waals surface area contributed by atoms with E-state index in [9.17, 15) is 4.79 Å². The highest BCUT2D eigenvalue weighted by Gasteiger charge is 2.14. The second kappa shape index (κ2) is 5.91. The standard InChI is InChI=1S/C19H12N6OS2/c26-16-9-11(20-18-24(16)14-7-3-4-8-15(14)28-18)10-27-19-23-22-17-21-12-5-1-2-6-13(12)25(17)19/h1-9H,10H2,(H,21,22). The van der Waals surface area contributed by atoms with Crippen molar-refractivity contribution < 1.29 is 0 Å². The van der Waals surface area contributed by atoms with Crippen LogP contribution in [0.1, 0.15) is 5.69 Å². The van der Waals surface area contributed by atoms with Crippen molar-refractivity contribution in [3.8, 4) is 0 Å². The summed E-state index contributed by atoms with van der Waals surface area (Å²) in [5, 5.41) is 8.13. The van der Waals surface area contributed by atoms with Crippen LogP contribution in [-0.4, -0.2) is 29.0 Å². The van der Waals surface area contributed by atoms with Gasteiger partial charge in [-0.05, 0) is 24.3 Å². The van der Waals surface area contributed by atoms with Crippen molar-refractivity contribution in [3.05, 3.63) is 70.6 Å². The van der Waals surface area contributed by atoms with Gasteiger partial charge in [-0.15, -0.1) is 5.10 Å². The van der Waals surface area contributed by atoms with E-state index in [1.807, 2.05) is 52.9 Å². The van der Waals surface area contributed by atoms with Crippen molar-refractivity contribution in [2.24, 2.45) is 0 Å². The smallest absolute Gasteiger partial charge is 0.259 e. The summed E-state index contributed by atoms with van der Waals surface area (Å²) in [4.78, 5) is 22.6. The van der Waals surface area contributed by atoms with Crippen molar-refractivity contribution in [3.63, 3.8) is 0 Å². The van der Waals surface area contributed by atoms with Crippen molar-refractivity contribution in [2.75, 3.05) is 0 Å². The average molecular weight is 404 g/mol. The first-order valence-corrected chi connectivity index (χ1v) is 10.4. The number of nitrogens with zero attached hydrogens (tertiary/aromatic N) is 5. The van der Waals surface area contributed by atoms with Crippen LogP contribution < -0.4 is 5.56 Å². The van der Waals surface area contributed by atoms with Crippen molar-refractivity contribution in [1.29, 1.82) is 0 Å². The van der Waals surface area contributed by atoms with Gasteiger partial charge in [-0.2, -0.15) is 0 Å². The largest absolute Gasteiger partial charge is 0.269 e. The summed E-state index contributed by atoms with van der Waals surface area (Å²) < 4.78 is 4.71. The maximum atomic E-state index is 12.7. The fourth-order valence-corrected chi connectivity index (χ4v) is 5.27. The molecule has 0 radical (unpaired) electrons. The van der Waals surface area contributed by atoms with E-state index in [-0.39, 0.29) is 5.56 Å². The Bertz CT molecular complexity index is 1560. The van der Waals surface area contributed by atoms with E-state index in [1.54, 1.807) is 10.5 Å². The van der Waals surface area contributed by atoms with E-state index in [0.717, 1.165) is 32.1 Å². The van der Waals surface area contributed by atoms with Gasteiger partial charge >= 0.3 is 0 Å². The summed E-state index contributed by atoms with van der Waals surface area (Å²) in [6.07, 6.45) is 0. The van der Waals surface area contributed by atoms with Crippen LogP contribution in [0, 0.1) is 0 Å².